The van der Waals surface area contributed by atoms with Crippen molar-refractivity contribution in [3.63, 3.8) is 0 Å². The standard InChI is InChI=1S/C27H48O3/c1-4-7-10-13-19-28-22-25-17-16-18-26(23-29-20-14-11-8-5-2)27(25)24-30-21-15-12-9-6-3/h16-18H,4-15,19-24H2,1-3H3. The molecule has 174 valence electrons. The van der Waals surface area contributed by atoms with Crippen LogP contribution in [-0.2, 0) is 34.0 Å². The van der Waals surface area contributed by atoms with Crippen LogP contribution in [0.2, 0.25) is 0 Å². The third kappa shape index (κ3) is 13.4. The van der Waals surface area contributed by atoms with Crippen LogP contribution in [0.15, 0.2) is 18.2 Å². The molecule has 30 heavy (non-hydrogen) atoms. The zero-order chi connectivity index (χ0) is 21.7. The van der Waals surface area contributed by atoms with Gasteiger partial charge in [-0.05, 0) is 36.0 Å². The largest absolute Gasteiger partial charge is 0.377 e. The topological polar surface area (TPSA) is 27.7 Å². The minimum atomic E-state index is 0.663. The van der Waals surface area contributed by atoms with E-state index in [4.69, 9.17) is 14.2 Å². The van der Waals surface area contributed by atoms with Gasteiger partial charge < -0.3 is 14.2 Å². The van der Waals surface area contributed by atoms with Gasteiger partial charge in [-0.1, -0.05) is 96.8 Å². The SMILES string of the molecule is CCCCCCOCc1cccc(COCCCCCC)c1COCCCCCC. The molecule has 0 bridgehead atoms. The van der Waals surface area contributed by atoms with E-state index in [0.717, 1.165) is 39.1 Å². The van der Waals surface area contributed by atoms with Gasteiger partial charge in [0.1, 0.15) is 0 Å². The summed E-state index contributed by atoms with van der Waals surface area (Å²) in [4.78, 5) is 0. The first kappa shape index (κ1) is 27.1. The van der Waals surface area contributed by atoms with Gasteiger partial charge in [-0.2, -0.15) is 0 Å². The Hall–Kier alpha value is -0.900. The van der Waals surface area contributed by atoms with E-state index in [1.165, 1.54) is 74.5 Å². The molecular formula is C27H48O3. The maximum Gasteiger partial charge on any atom is 0.0723 e. The monoisotopic (exact) mass is 420 g/mol. The molecule has 0 saturated heterocycles. The van der Waals surface area contributed by atoms with Crippen LogP contribution in [0, 0.1) is 0 Å². The van der Waals surface area contributed by atoms with E-state index in [2.05, 4.69) is 39.0 Å². The summed E-state index contributed by atoms with van der Waals surface area (Å²) in [6.45, 7) is 11.3. The van der Waals surface area contributed by atoms with Crippen LogP contribution < -0.4 is 0 Å². The third-order valence-corrected chi connectivity index (χ3v) is 5.56. The Balaban J connectivity index is 2.55. The van der Waals surface area contributed by atoms with Crippen LogP contribution >= 0.6 is 0 Å². The Kier molecular flexibility index (Phi) is 18.1. The molecule has 0 amide bonds. The van der Waals surface area contributed by atoms with Crippen LogP contribution in [0.25, 0.3) is 0 Å². The van der Waals surface area contributed by atoms with Crippen molar-refractivity contribution in [2.75, 3.05) is 19.8 Å². The van der Waals surface area contributed by atoms with E-state index < -0.39 is 0 Å². The Morgan fingerprint density at radius 2 is 0.900 bits per heavy atom. The number of unbranched alkanes of at least 4 members (excludes halogenated alkanes) is 9. The minimum Gasteiger partial charge on any atom is -0.377 e. The molecule has 0 unspecified atom stereocenters. The molecule has 0 heterocycles. The maximum atomic E-state index is 6.06. The molecular weight excluding hydrogens is 372 g/mol. The van der Waals surface area contributed by atoms with Crippen molar-refractivity contribution < 1.29 is 14.2 Å². The molecule has 0 aliphatic heterocycles. The van der Waals surface area contributed by atoms with Gasteiger partial charge in [-0.15, -0.1) is 0 Å². The fourth-order valence-corrected chi connectivity index (χ4v) is 3.57. The highest BCUT2D eigenvalue weighted by atomic mass is 16.5. The van der Waals surface area contributed by atoms with Gasteiger partial charge >= 0.3 is 0 Å². The molecule has 3 heteroatoms. The molecule has 0 aliphatic carbocycles. The Morgan fingerprint density at radius 1 is 0.500 bits per heavy atom. The highest BCUT2D eigenvalue weighted by Gasteiger charge is 2.10. The van der Waals surface area contributed by atoms with Crippen LogP contribution in [0.5, 0.6) is 0 Å². The average molecular weight is 421 g/mol. The predicted molar refractivity (Wildman–Crippen MR) is 128 cm³/mol. The van der Waals surface area contributed by atoms with E-state index in [1.807, 2.05) is 0 Å². The molecule has 0 fully saturated rings. The Labute approximate surface area is 186 Å². The summed E-state index contributed by atoms with van der Waals surface area (Å²) in [7, 11) is 0. The summed E-state index contributed by atoms with van der Waals surface area (Å²) in [6.07, 6.45) is 14.9. The summed E-state index contributed by atoms with van der Waals surface area (Å²) in [6, 6.07) is 6.51. The van der Waals surface area contributed by atoms with Crippen molar-refractivity contribution >= 4 is 0 Å². The molecule has 1 aromatic rings. The van der Waals surface area contributed by atoms with Gasteiger partial charge in [0.15, 0.2) is 0 Å². The molecule has 0 spiro atoms. The smallest absolute Gasteiger partial charge is 0.0723 e. The molecule has 0 aromatic heterocycles. The maximum absolute atomic E-state index is 6.06. The van der Waals surface area contributed by atoms with Crippen molar-refractivity contribution in [1.82, 2.24) is 0 Å². The fourth-order valence-electron chi connectivity index (χ4n) is 3.57. The van der Waals surface area contributed by atoms with E-state index in [1.54, 1.807) is 0 Å². The van der Waals surface area contributed by atoms with Gasteiger partial charge in [0.2, 0.25) is 0 Å². The lowest BCUT2D eigenvalue weighted by Crippen LogP contribution is -2.07. The van der Waals surface area contributed by atoms with Gasteiger partial charge in [0.05, 0.1) is 19.8 Å². The van der Waals surface area contributed by atoms with E-state index in [0.29, 0.717) is 19.8 Å². The quantitative estimate of drug-likeness (QED) is 0.189. The predicted octanol–water partition coefficient (Wildman–Crippen LogP) is 7.98. The second-order valence-electron chi connectivity index (χ2n) is 8.39. The highest BCUT2D eigenvalue weighted by molar-refractivity contribution is 5.34. The highest BCUT2D eigenvalue weighted by Crippen LogP contribution is 2.19. The lowest BCUT2D eigenvalue weighted by Gasteiger charge is -2.16. The summed E-state index contributed by atoms with van der Waals surface area (Å²) < 4.78 is 18.0. The zero-order valence-electron chi connectivity index (χ0n) is 20.2. The van der Waals surface area contributed by atoms with Crippen molar-refractivity contribution in [2.24, 2.45) is 0 Å². The lowest BCUT2D eigenvalue weighted by atomic mass is 10.0. The number of rotatable bonds is 21. The Morgan fingerprint density at radius 3 is 1.30 bits per heavy atom. The molecule has 1 aromatic carbocycles. The molecule has 0 saturated carbocycles. The number of benzene rings is 1. The van der Waals surface area contributed by atoms with Gasteiger partial charge in [0, 0.05) is 19.8 Å². The molecule has 0 atom stereocenters. The van der Waals surface area contributed by atoms with Gasteiger partial charge in [0.25, 0.3) is 0 Å². The summed E-state index contributed by atoms with van der Waals surface area (Å²) in [5.41, 5.74) is 3.78. The molecule has 0 radical (unpaired) electrons. The molecule has 1 rings (SSSR count). The lowest BCUT2D eigenvalue weighted by molar-refractivity contribution is 0.0956. The summed E-state index contributed by atoms with van der Waals surface area (Å²) in [5, 5.41) is 0. The first-order chi connectivity index (χ1) is 14.8. The second-order valence-corrected chi connectivity index (χ2v) is 8.39. The van der Waals surface area contributed by atoms with Crippen LogP contribution in [0.4, 0.5) is 0 Å². The number of hydrogen-bond donors (Lipinski definition) is 0. The van der Waals surface area contributed by atoms with Crippen molar-refractivity contribution in [3.8, 4) is 0 Å². The van der Waals surface area contributed by atoms with E-state index in [-0.39, 0.29) is 0 Å². The third-order valence-electron chi connectivity index (χ3n) is 5.56. The summed E-state index contributed by atoms with van der Waals surface area (Å²) >= 11 is 0. The molecule has 0 aliphatic rings. The minimum absolute atomic E-state index is 0.663. The van der Waals surface area contributed by atoms with Gasteiger partial charge in [-0.25, -0.2) is 0 Å². The number of ether oxygens (including phenoxy) is 3. The van der Waals surface area contributed by atoms with Gasteiger partial charge in [-0.3, -0.25) is 0 Å². The normalized spacial score (nSPS) is 11.3. The van der Waals surface area contributed by atoms with E-state index >= 15 is 0 Å². The summed E-state index contributed by atoms with van der Waals surface area (Å²) in [5.74, 6) is 0. The molecule has 0 N–H and O–H groups in total. The zero-order valence-corrected chi connectivity index (χ0v) is 20.2. The fraction of sp³-hybridized carbons (Fsp3) is 0.778. The average Bonchev–Trinajstić information content (AvgIpc) is 2.76. The number of hydrogen-bond acceptors (Lipinski definition) is 3. The van der Waals surface area contributed by atoms with E-state index in [9.17, 15) is 0 Å². The first-order valence-electron chi connectivity index (χ1n) is 12.7. The van der Waals surface area contributed by atoms with Crippen molar-refractivity contribution in [3.05, 3.63) is 34.9 Å². The Bertz CT molecular complexity index is 467. The van der Waals surface area contributed by atoms with Crippen LogP contribution in [-0.4, -0.2) is 19.8 Å². The van der Waals surface area contributed by atoms with Crippen LogP contribution in [0.3, 0.4) is 0 Å². The second kappa shape index (κ2) is 20.0. The first-order valence-corrected chi connectivity index (χ1v) is 12.7. The van der Waals surface area contributed by atoms with Crippen molar-refractivity contribution in [1.29, 1.82) is 0 Å². The van der Waals surface area contributed by atoms with Crippen molar-refractivity contribution in [2.45, 2.75) is 118 Å². The van der Waals surface area contributed by atoms with Crippen LogP contribution in [0.1, 0.15) is 115 Å². The molecule has 3 nitrogen and oxygen atoms in total.